The Morgan fingerprint density at radius 3 is 3.06 bits per heavy atom. The molecule has 0 bridgehead atoms. The summed E-state index contributed by atoms with van der Waals surface area (Å²) in [5.41, 5.74) is 1.73. The molecule has 1 aromatic carbocycles. The van der Waals surface area contributed by atoms with E-state index in [-0.39, 0.29) is 5.91 Å². The zero-order valence-electron chi connectivity index (χ0n) is 10.4. The minimum atomic E-state index is -0.0216. The first kappa shape index (κ1) is 12.5. The number of fused-ring (bicyclic) bond motifs is 1. The summed E-state index contributed by atoms with van der Waals surface area (Å²) < 4.78 is 0. The van der Waals surface area contributed by atoms with Crippen molar-refractivity contribution in [2.24, 2.45) is 0 Å². The normalized spacial score (nSPS) is 10.5. The molecule has 18 heavy (non-hydrogen) atoms. The molecular formula is C14H17N3O. The smallest absolute Gasteiger partial charge is 0.238 e. The van der Waals surface area contributed by atoms with Gasteiger partial charge in [0.15, 0.2) is 0 Å². The van der Waals surface area contributed by atoms with Gasteiger partial charge in [0, 0.05) is 17.3 Å². The predicted molar refractivity (Wildman–Crippen MR) is 73.5 cm³/mol. The van der Waals surface area contributed by atoms with Gasteiger partial charge in [-0.05, 0) is 37.2 Å². The maximum Gasteiger partial charge on any atom is 0.238 e. The van der Waals surface area contributed by atoms with Crippen LogP contribution in [0.1, 0.15) is 13.3 Å². The Hall–Kier alpha value is -1.94. The number of benzene rings is 1. The van der Waals surface area contributed by atoms with E-state index in [0.29, 0.717) is 6.54 Å². The van der Waals surface area contributed by atoms with E-state index < -0.39 is 0 Å². The van der Waals surface area contributed by atoms with Gasteiger partial charge in [0.1, 0.15) is 0 Å². The number of nitrogens with one attached hydrogen (secondary N) is 2. The van der Waals surface area contributed by atoms with Crippen molar-refractivity contribution in [3.63, 3.8) is 0 Å². The zero-order valence-corrected chi connectivity index (χ0v) is 10.4. The molecule has 4 heteroatoms. The third-order valence-corrected chi connectivity index (χ3v) is 2.60. The van der Waals surface area contributed by atoms with Crippen molar-refractivity contribution in [2.75, 3.05) is 18.4 Å². The minimum absolute atomic E-state index is 0.0216. The van der Waals surface area contributed by atoms with Crippen LogP contribution in [0.2, 0.25) is 0 Å². The van der Waals surface area contributed by atoms with Crippen molar-refractivity contribution in [1.82, 2.24) is 10.3 Å². The number of aromatic nitrogens is 1. The van der Waals surface area contributed by atoms with Gasteiger partial charge in [-0.25, -0.2) is 0 Å². The Morgan fingerprint density at radius 1 is 1.33 bits per heavy atom. The molecule has 0 aliphatic heterocycles. The molecule has 0 spiro atoms. The molecule has 2 rings (SSSR count). The fourth-order valence-electron chi connectivity index (χ4n) is 1.74. The number of rotatable bonds is 5. The molecule has 1 heterocycles. The first-order valence-electron chi connectivity index (χ1n) is 6.15. The third-order valence-electron chi connectivity index (χ3n) is 2.60. The molecule has 0 saturated heterocycles. The molecule has 2 aromatic rings. The molecule has 0 radical (unpaired) electrons. The Morgan fingerprint density at radius 2 is 2.22 bits per heavy atom. The van der Waals surface area contributed by atoms with E-state index in [1.807, 2.05) is 30.3 Å². The number of pyridine rings is 1. The molecule has 0 atom stereocenters. The van der Waals surface area contributed by atoms with Crippen LogP contribution in [-0.2, 0) is 4.79 Å². The average Bonchev–Trinajstić information content (AvgIpc) is 2.39. The fourth-order valence-corrected chi connectivity index (χ4v) is 1.74. The van der Waals surface area contributed by atoms with Crippen LogP contribution < -0.4 is 10.6 Å². The van der Waals surface area contributed by atoms with E-state index in [2.05, 4.69) is 22.5 Å². The van der Waals surface area contributed by atoms with Crippen molar-refractivity contribution >= 4 is 22.5 Å². The van der Waals surface area contributed by atoms with Gasteiger partial charge in [-0.1, -0.05) is 13.0 Å². The number of carbonyl (C=O) groups excluding carboxylic acids is 1. The van der Waals surface area contributed by atoms with Crippen molar-refractivity contribution in [3.8, 4) is 0 Å². The van der Waals surface area contributed by atoms with Gasteiger partial charge in [0.05, 0.1) is 12.1 Å². The summed E-state index contributed by atoms with van der Waals surface area (Å²) in [6.07, 6.45) is 2.78. The third kappa shape index (κ3) is 3.28. The van der Waals surface area contributed by atoms with Gasteiger partial charge in [-0.15, -0.1) is 0 Å². The summed E-state index contributed by atoms with van der Waals surface area (Å²) in [4.78, 5) is 15.9. The second-order valence-corrected chi connectivity index (χ2v) is 4.14. The average molecular weight is 243 g/mol. The van der Waals surface area contributed by atoms with Gasteiger partial charge >= 0.3 is 0 Å². The van der Waals surface area contributed by atoms with E-state index in [4.69, 9.17) is 0 Å². The molecule has 2 N–H and O–H groups in total. The number of nitrogens with zero attached hydrogens (tertiary/aromatic N) is 1. The molecular weight excluding hydrogens is 226 g/mol. The standard InChI is InChI=1S/C14H17N3O/c1-2-7-15-10-14(18)17-12-5-6-13-11(9-12)4-3-8-16-13/h3-6,8-9,15H,2,7,10H2,1H3,(H,17,18). The highest BCUT2D eigenvalue weighted by Gasteiger charge is 2.02. The highest BCUT2D eigenvalue weighted by Crippen LogP contribution is 2.16. The lowest BCUT2D eigenvalue weighted by Crippen LogP contribution is -2.28. The molecule has 0 unspecified atom stereocenters. The van der Waals surface area contributed by atoms with Gasteiger partial charge in [0.2, 0.25) is 5.91 Å². The highest BCUT2D eigenvalue weighted by molar-refractivity contribution is 5.94. The van der Waals surface area contributed by atoms with Crippen LogP contribution in [0, 0.1) is 0 Å². The van der Waals surface area contributed by atoms with Gasteiger partial charge < -0.3 is 10.6 Å². The maximum absolute atomic E-state index is 11.6. The number of hydrogen-bond acceptors (Lipinski definition) is 3. The Kier molecular flexibility index (Phi) is 4.25. The topological polar surface area (TPSA) is 54.0 Å². The lowest BCUT2D eigenvalue weighted by molar-refractivity contribution is -0.115. The zero-order chi connectivity index (χ0) is 12.8. The number of amides is 1. The molecule has 1 aromatic heterocycles. The highest BCUT2D eigenvalue weighted by atomic mass is 16.1. The van der Waals surface area contributed by atoms with Crippen LogP contribution in [0.5, 0.6) is 0 Å². The van der Waals surface area contributed by atoms with Crippen LogP contribution in [0.25, 0.3) is 10.9 Å². The first-order valence-corrected chi connectivity index (χ1v) is 6.15. The van der Waals surface area contributed by atoms with Crippen LogP contribution in [-0.4, -0.2) is 24.0 Å². The fraction of sp³-hybridized carbons (Fsp3) is 0.286. The number of anilines is 1. The summed E-state index contributed by atoms with van der Waals surface area (Å²) in [7, 11) is 0. The second kappa shape index (κ2) is 6.12. The number of carbonyl (C=O) groups is 1. The van der Waals surface area contributed by atoms with Gasteiger partial charge in [0.25, 0.3) is 0 Å². The quantitative estimate of drug-likeness (QED) is 0.791. The van der Waals surface area contributed by atoms with E-state index in [0.717, 1.165) is 29.6 Å². The van der Waals surface area contributed by atoms with Crippen molar-refractivity contribution in [3.05, 3.63) is 36.5 Å². The lowest BCUT2D eigenvalue weighted by atomic mass is 10.2. The SMILES string of the molecule is CCCNCC(=O)Nc1ccc2ncccc2c1. The van der Waals surface area contributed by atoms with E-state index >= 15 is 0 Å². The van der Waals surface area contributed by atoms with Crippen LogP contribution in [0.3, 0.4) is 0 Å². The maximum atomic E-state index is 11.6. The Balaban J connectivity index is 2.01. The van der Waals surface area contributed by atoms with Crippen molar-refractivity contribution < 1.29 is 4.79 Å². The minimum Gasteiger partial charge on any atom is -0.325 e. The molecule has 1 amide bonds. The Bertz CT molecular complexity index is 539. The largest absolute Gasteiger partial charge is 0.325 e. The molecule has 0 aliphatic rings. The lowest BCUT2D eigenvalue weighted by Gasteiger charge is -2.06. The monoisotopic (exact) mass is 243 g/mol. The molecule has 94 valence electrons. The summed E-state index contributed by atoms with van der Waals surface area (Å²) in [5, 5.41) is 6.96. The summed E-state index contributed by atoms with van der Waals surface area (Å²) in [6.45, 7) is 3.27. The van der Waals surface area contributed by atoms with Crippen LogP contribution in [0.15, 0.2) is 36.5 Å². The first-order chi connectivity index (χ1) is 8.79. The predicted octanol–water partition coefficient (Wildman–Crippen LogP) is 2.17. The number of hydrogen-bond donors (Lipinski definition) is 2. The van der Waals surface area contributed by atoms with E-state index in [9.17, 15) is 4.79 Å². The summed E-state index contributed by atoms with van der Waals surface area (Å²) >= 11 is 0. The van der Waals surface area contributed by atoms with Crippen molar-refractivity contribution in [1.29, 1.82) is 0 Å². The molecule has 0 aliphatic carbocycles. The summed E-state index contributed by atoms with van der Waals surface area (Å²) in [6, 6.07) is 9.57. The van der Waals surface area contributed by atoms with E-state index in [1.165, 1.54) is 0 Å². The molecule has 0 saturated carbocycles. The molecule has 4 nitrogen and oxygen atoms in total. The van der Waals surface area contributed by atoms with E-state index in [1.54, 1.807) is 6.20 Å². The molecule has 0 fully saturated rings. The second-order valence-electron chi connectivity index (χ2n) is 4.14. The Labute approximate surface area is 106 Å². The summed E-state index contributed by atoms with van der Waals surface area (Å²) in [5.74, 6) is -0.0216. The van der Waals surface area contributed by atoms with Crippen molar-refractivity contribution in [2.45, 2.75) is 13.3 Å². The van der Waals surface area contributed by atoms with Gasteiger partial charge in [-0.3, -0.25) is 9.78 Å². The van der Waals surface area contributed by atoms with Crippen LogP contribution in [0.4, 0.5) is 5.69 Å². The van der Waals surface area contributed by atoms with Crippen LogP contribution >= 0.6 is 0 Å². The van der Waals surface area contributed by atoms with Gasteiger partial charge in [-0.2, -0.15) is 0 Å².